The highest BCUT2D eigenvalue weighted by Gasteiger charge is 2.34. The number of aryl methyl sites for hydroxylation is 1. The van der Waals surface area contributed by atoms with Crippen LogP contribution < -0.4 is 11.1 Å². The summed E-state index contributed by atoms with van der Waals surface area (Å²) in [4.78, 5) is 27.4. The van der Waals surface area contributed by atoms with Gasteiger partial charge in [0.25, 0.3) is 11.1 Å². The van der Waals surface area contributed by atoms with Gasteiger partial charge in [-0.15, -0.1) is 0 Å². The Morgan fingerprint density at radius 2 is 1.85 bits per heavy atom. The van der Waals surface area contributed by atoms with Gasteiger partial charge in [0.2, 0.25) is 0 Å². The average Bonchev–Trinajstić information content (AvgIpc) is 2.67. The van der Waals surface area contributed by atoms with Crippen LogP contribution in [0.1, 0.15) is 23.6 Å². The van der Waals surface area contributed by atoms with E-state index in [2.05, 4.69) is 17.0 Å². The van der Waals surface area contributed by atoms with Gasteiger partial charge in [-0.2, -0.15) is 0 Å². The van der Waals surface area contributed by atoms with Crippen LogP contribution in [0.4, 0.5) is 0 Å². The molecule has 2 aliphatic rings. The third-order valence-corrected chi connectivity index (χ3v) is 6.16. The zero-order valence-electron chi connectivity index (χ0n) is 15.5. The molecule has 1 aromatic carbocycles. The van der Waals surface area contributed by atoms with Crippen LogP contribution in [-0.4, -0.2) is 27.1 Å². The molecule has 1 fully saturated rings. The van der Waals surface area contributed by atoms with Crippen molar-refractivity contribution in [1.29, 1.82) is 0 Å². The Morgan fingerprint density at radius 3 is 2.74 bits per heavy atom. The molecule has 138 valence electrons. The molecule has 5 rings (SSSR count). The Bertz CT molecular complexity index is 1140. The van der Waals surface area contributed by atoms with Gasteiger partial charge in [-0.25, -0.2) is 0 Å². The molecule has 2 aromatic heterocycles. The molecule has 2 bridgehead atoms. The summed E-state index contributed by atoms with van der Waals surface area (Å²) >= 11 is 0. The zero-order valence-corrected chi connectivity index (χ0v) is 15.5. The topological polar surface area (TPSA) is 47.2 Å². The van der Waals surface area contributed by atoms with Crippen LogP contribution in [0.2, 0.25) is 0 Å². The summed E-state index contributed by atoms with van der Waals surface area (Å²) < 4.78 is 3.70. The number of para-hydroxylation sites is 1. The predicted octanol–water partition coefficient (Wildman–Crippen LogP) is 2.32. The smallest absolute Gasteiger partial charge is 0.255 e. The molecule has 0 unspecified atom stereocenters. The van der Waals surface area contributed by atoms with Gasteiger partial charge < -0.3 is 9.13 Å². The summed E-state index contributed by atoms with van der Waals surface area (Å²) in [5.41, 5.74) is 3.16. The third-order valence-electron chi connectivity index (χ3n) is 6.16. The first-order chi connectivity index (χ1) is 13.1. The number of nitrogens with zero attached hydrogens (tertiary/aromatic N) is 3. The highest BCUT2D eigenvalue weighted by molar-refractivity contribution is 5.79. The minimum absolute atomic E-state index is 0.0843. The average molecular weight is 361 g/mol. The van der Waals surface area contributed by atoms with Gasteiger partial charge in [0.05, 0.1) is 5.52 Å². The summed E-state index contributed by atoms with van der Waals surface area (Å²) in [5, 5.41) is 1.10. The number of hydrogen-bond acceptors (Lipinski definition) is 3. The van der Waals surface area contributed by atoms with Crippen LogP contribution in [0.5, 0.6) is 0 Å². The van der Waals surface area contributed by atoms with Crippen molar-refractivity contribution >= 4 is 10.9 Å². The second kappa shape index (κ2) is 6.20. The SMILES string of the molecule is Cn1c(=O)c(CN2C[C@@H]3C[C@H](C2)c2cccc(=O)n2C3)cc2ccccc21. The van der Waals surface area contributed by atoms with Gasteiger partial charge in [-0.3, -0.25) is 14.5 Å². The second-order valence-corrected chi connectivity index (χ2v) is 7.98. The summed E-state index contributed by atoms with van der Waals surface area (Å²) in [5.74, 6) is 0.844. The van der Waals surface area contributed by atoms with Crippen LogP contribution in [0, 0.1) is 5.92 Å². The van der Waals surface area contributed by atoms with E-state index in [-0.39, 0.29) is 11.1 Å². The molecular weight excluding hydrogens is 338 g/mol. The number of fused-ring (bicyclic) bond motifs is 5. The number of aromatic nitrogens is 2. The fraction of sp³-hybridized carbons (Fsp3) is 0.364. The molecule has 3 aromatic rings. The maximum Gasteiger partial charge on any atom is 0.255 e. The zero-order chi connectivity index (χ0) is 18.5. The Labute approximate surface area is 157 Å². The molecule has 2 atom stereocenters. The normalized spacial score (nSPS) is 22.0. The quantitative estimate of drug-likeness (QED) is 0.704. The third kappa shape index (κ3) is 2.73. The largest absolute Gasteiger partial charge is 0.312 e. The monoisotopic (exact) mass is 361 g/mol. The molecular formula is C22H23N3O2. The Kier molecular flexibility index (Phi) is 3.79. The Hall–Kier alpha value is -2.66. The summed E-state index contributed by atoms with van der Waals surface area (Å²) in [6, 6.07) is 15.7. The molecule has 4 heterocycles. The molecule has 0 amide bonds. The molecule has 27 heavy (non-hydrogen) atoms. The molecule has 0 saturated carbocycles. The van der Waals surface area contributed by atoms with Crippen molar-refractivity contribution in [3.63, 3.8) is 0 Å². The van der Waals surface area contributed by atoms with Crippen molar-refractivity contribution in [2.24, 2.45) is 13.0 Å². The maximum absolute atomic E-state index is 12.8. The maximum atomic E-state index is 12.8. The van der Waals surface area contributed by atoms with Crippen LogP contribution in [-0.2, 0) is 20.1 Å². The van der Waals surface area contributed by atoms with E-state index < -0.39 is 0 Å². The van der Waals surface area contributed by atoms with E-state index in [0.717, 1.165) is 48.2 Å². The van der Waals surface area contributed by atoms with Crippen molar-refractivity contribution in [3.8, 4) is 0 Å². The molecule has 0 spiro atoms. The standard InChI is InChI=1S/C22H23N3O2/c1-23-19-6-3-2-5-16(19)10-18(22(23)27)14-24-11-15-9-17(13-24)20-7-4-8-21(26)25(20)12-15/h2-8,10,15,17H,9,11-14H2,1H3/t15-,17+/m0/s1. The molecule has 2 aliphatic heterocycles. The van der Waals surface area contributed by atoms with Crippen molar-refractivity contribution in [3.05, 3.63) is 80.5 Å². The molecule has 0 N–H and O–H groups in total. The van der Waals surface area contributed by atoms with E-state index in [1.807, 2.05) is 41.9 Å². The predicted molar refractivity (Wildman–Crippen MR) is 106 cm³/mol. The summed E-state index contributed by atoms with van der Waals surface area (Å²) in [6.07, 6.45) is 1.13. The van der Waals surface area contributed by atoms with E-state index in [1.54, 1.807) is 10.6 Å². The summed E-state index contributed by atoms with van der Waals surface area (Å²) in [6.45, 7) is 3.29. The van der Waals surface area contributed by atoms with Gasteiger partial charge in [0.15, 0.2) is 0 Å². The van der Waals surface area contributed by atoms with Gasteiger partial charge in [0.1, 0.15) is 0 Å². The fourth-order valence-electron chi connectivity index (χ4n) is 4.97. The van der Waals surface area contributed by atoms with Crippen molar-refractivity contribution < 1.29 is 0 Å². The van der Waals surface area contributed by atoms with E-state index in [4.69, 9.17) is 0 Å². The first-order valence-electron chi connectivity index (χ1n) is 9.60. The lowest BCUT2D eigenvalue weighted by Gasteiger charge is -2.42. The van der Waals surface area contributed by atoms with E-state index in [9.17, 15) is 9.59 Å². The van der Waals surface area contributed by atoms with Gasteiger partial charge in [0, 0.05) is 56.5 Å². The first kappa shape index (κ1) is 16.5. The highest BCUT2D eigenvalue weighted by Crippen LogP contribution is 2.35. The fourth-order valence-corrected chi connectivity index (χ4v) is 4.97. The Balaban J connectivity index is 1.47. The first-order valence-corrected chi connectivity index (χ1v) is 9.60. The van der Waals surface area contributed by atoms with Crippen LogP contribution >= 0.6 is 0 Å². The summed E-state index contributed by atoms with van der Waals surface area (Å²) in [7, 11) is 1.85. The van der Waals surface area contributed by atoms with Crippen molar-refractivity contribution in [1.82, 2.24) is 14.0 Å². The second-order valence-electron chi connectivity index (χ2n) is 7.98. The minimum Gasteiger partial charge on any atom is -0.312 e. The van der Waals surface area contributed by atoms with E-state index in [1.165, 1.54) is 0 Å². The van der Waals surface area contributed by atoms with Gasteiger partial charge >= 0.3 is 0 Å². The lowest BCUT2D eigenvalue weighted by Crippen LogP contribution is -2.47. The number of piperidine rings is 1. The van der Waals surface area contributed by atoms with Crippen molar-refractivity contribution in [2.45, 2.75) is 25.4 Å². The van der Waals surface area contributed by atoms with E-state index >= 15 is 0 Å². The van der Waals surface area contributed by atoms with Crippen LogP contribution in [0.3, 0.4) is 0 Å². The van der Waals surface area contributed by atoms with Crippen molar-refractivity contribution in [2.75, 3.05) is 13.1 Å². The highest BCUT2D eigenvalue weighted by atomic mass is 16.1. The molecule has 1 saturated heterocycles. The number of rotatable bonds is 2. The molecule has 0 radical (unpaired) electrons. The van der Waals surface area contributed by atoms with E-state index in [0.29, 0.717) is 18.4 Å². The number of pyridine rings is 2. The van der Waals surface area contributed by atoms with Crippen LogP contribution in [0.25, 0.3) is 10.9 Å². The molecule has 5 nitrogen and oxygen atoms in total. The lowest BCUT2D eigenvalue weighted by molar-refractivity contribution is 0.114. The number of hydrogen-bond donors (Lipinski definition) is 0. The number of likely N-dealkylation sites (tertiary alicyclic amines) is 1. The molecule has 0 aliphatic carbocycles. The van der Waals surface area contributed by atoms with Gasteiger partial charge in [-0.1, -0.05) is 24.3 Å². The Morgan fingerprint density at radius 1 is 1.00 bits per heavy atom. The van der Waals surface area contributed by atoms with Crippen LogP contribution in [0.15, 0.2) is 58.1 Å². The molecule has 5 heteroatoms. The lowest BCUT2D eigenvalue weighted by atomic mass is 9.83. The number of benzene rings is 1. The minimum atomic E-state index is 0.0843. The van der Waals surface area contributed by atoms with Gasteiger partial charge in [-0.05, 0) is 35.9 Å².